The van der Waals surface area contributed by atoms with Gasteiger partial charge in [0.25, 0.3) is 0 Å². The van der Waals surface area contributed by atoms with Crippen LogP contribution >= 0.6 is 0 Å². The number of nitrogens with two attached hydrogens (primary N) is 1. The lowest BCUT2D eigenvalue weighted by atomic mass is 9.89. The second kappa shape index (κ2) is 5.45. The van der Waals surface area contributed by atoms with E-state index in [1.807, 2.05) is 0 Å². The molecule has 106 valence electrons. The van der Waals surface area contributed by atoms with Crippen LogP contribution in [0.3, 0.4) is 0 Å². The van der Waals surface area contributed by atoms with E-state index in [1.165, 1.54) is 0 Å². The molecule has 1 rings (SSSR count). The van der Waals surface area contributed by atoms with Crippen LogP contribution in [0, 0.1) is 0 Å². The van der Waals surface area contributed by atoms with Crippen LogP contribution in [0.15, 0.2) is 0 Å². The van der Waals surface area contributed by atoms with Crippen LogP contribution in [0.2, 0.25) is 0 Å². The molecule has 1 unspecified atom stereocenters. The van der Waals surface area contributed by atoms with Gasteiger partial charge in [0.05, 0.1) is 18.8 Å². The normalized spacial score (nSPS) is 40.2. The minimum absolute atomic E-state index is 0.727. The Kier molecular flexibility index (Phi) is 4.61. The van der Waals surface area contributed by atoms with Crippen LogP contribution in [0.5, 0.6) is 0 Å². The quantitative estimate of drug-likeness (QED) is 0.290. The number of rotatable bonds is 4. The SMILES string of the molecule is N[C@H]1C([C@H](O)[C@H](O)CO)O[C@@](O)(C(=O)[O-])C[C@H]1O. The fourth-order valence-corrected chi connectivity index (χ4v) is 1.75. The topological polar surface area (TPSA) is 177 Å². The van der Waals surface area contributed by atoms with Crippen molar-refractivity contribution < 1.29 is 40.2 Å². The summed E-state index contributed by atoms with van der Waals surface area (Å²) in [6.07, 6.45) is -7.20. The molecule has 0 saturated carbocycles. The highest BCUT2D eigenvalue weighted by Gasteiger charge is 2.49. The first-order valence-electron chi connectivity index (χ1n) is 5.25. The van der Waals surface area contributed by atoms with E-state index in [9.17, 15) is 30.3 Å². The summed E-state index contributed by atoms with van der Waals surface area (Å²) >= 11 is 0. The molecule has 9 nitrogen and oxygen atoms in total. The number of hydrogen-bond donors (Lipinski definition) is 6. The van der Waals surface area contributed by atoms with E-state index in [2.05, 4.69) is 0 Å². The Labute approximate surface area is 102 Å². The van der Waals surface area contributed by atoms with Crippen LogP contribution in [-0.2, 0) is 9.53 Å². The zero-order chi connectivity index (χ0) is 14.1. The molecule has 0 bridgehead atoms. The third-order valence-electron chi connectivity index (χ3n) is 2.88. The molecule has 0 aromatic carbocycles. The first kappa shape index (κ1) is 15.2. The van der Waals surface area contributed by atoms with Gasteiger partial charge in [-0.15, -0.1) is 0 Å². The van der Waals surface area contributed by atoms with Gasteiger partial charge in [0.1, 0.15) is 24.3 Å². The maximum absolute atomic E-state index is 10.7. The third-order valence-corrected chi connectivity index (χ3v) is 2.88. The molecule has 1 aliphatic heterocycles. The van der Waals surface area contributed by atoms with Crippen molar-refractivity contribution in [2.24, 2.45) is 5.73 Å². The predicted molar refractivity (Wildman–Crippen MR) is 52.5 cm³/mol. The molecule has 18 heavy (non-hydrogen) atoms. The van der Waals surface area contributed by atoms with Gasteiger partial charge in [-0.1, -0.05) is 0 Å². The fraction of sp³-hybridized carbons (Fsp3) is 0.889. The molecule has 0 aliphatic carbocycles. The number of hydrogen-bond acceptors (Lipinski definition) is 9. The first-order chi connectivity index (χ1) is 8.23. The zero-order valence-electron chi connectivity index (χ0n) is 9.34. The molecule has 1 heterocycles. The summed E-state index contributed by atoms with van der Waals surface area (Å²) in [7, 11) is 0. The van der Waals surface area contributed by atoms with Crippen molar-refractivity contribution in [2.75, 3.05) is 6.61 Å². The summed E-state index contributed by atoms with van der Waals surface area (Å²) in [6, 6.07) is -1.24. The summed E-state index contributed by atoms with van der Waals surface area (Å²) in [4.78, 5) is 10.7. The molecule has 0 aromatic rings. The summed E-state index contributed by atoms with van der Waals surface area (Å²) in [6.45, 7) is -0.826. The van der Waals surface area contributed by atoms with Gasteiger partial charge in [-0.2, -0.15) is 0 Å². The molecule has 0 aromatic heterocycles. The Morgan fingerprint density at radius 3 is 2.56 bits per heavy atom. The van der Waals surface area contributed by atoms with Crippen LogP contribution in [0.25, 0.3) is 0 Å². The van der Waals surface area contributed by atoms with E-state index in [0.717, 1.165) is 0 Å². The van der Waals surface area contributed by atoms with Crippen molar-refractivity contribution in [1.82, 2.24) is 0 Å². The molecule has 9 heteroatoms. The molecule has 1 saturated heterocycles. The summed E-state index contributed by atoms with van der Waals surface area (Å²) in [5.41, 5.74) is 5.48. The minimum Gasteiger partial charge on any atom is -0.544 e. The van der Waals surface area contributed by atoms with Crippen molar-refractivity contribution in [3.8, 4) is 0 Å². The van der Waals surface area contributed by atoms with E-state index in [1.54, 1.807) is 0 Å². The van der Waals surface area contributed by atoms with Gasteiger partial charge < -0.3 is 45.9 Å². The molecular formula is C9H16NO8-. The van der Waals surface area contributed by atoms with Gasteiger partial charge in [-0.25, -0.2) is 0 Å². The average molecular weight is 266 g/mol. The van der Waals surface area contributed by atoms with Crippen LogP contribution in [0.1, 0.15) is 6.42 Å². The molecule has 7 N–H and O–H groups in total. The smallest absolute Gasteiger partial charge is 0.210 e. The molecule has 1 aliphatic rings. The number of carboxylic acid groups (broad SMARTS) is 1. The minimum atomic E-state index is -2.81. The van der Waals surface area contributed by atoms with Gasteiger partial charge in [0.15, 0.2) is 0 Å². The Bertz CT molecular complexity index is 313. The largest absolute Gasteiger partial charge is 0.544 e. The molecule has 0 spiro atoms. The molecular weight excluding hydrogens is 250 g/mol. The van der Waals surface area contributed by atoms with Crippen molar-refractivity contribution in [1.29, 1.82) is 0 Å². The van der Waals surface area contributed by atoms with Gasteiger partial charge in [0, 0.05) is 6.42 Å². The summed E-state index contributed by atoms with van der Waals surface area (Å²) in [5.74, 6) is -4.81. The second-order valence-electron chi connectivity index (χ2n) is 4.24. The molecule has 1 fully saturated rings. The van der Waals surface area contributed by atoms with E-state index in [0.29, 0.717) is 0 Å². The van der Waals surface area contributed by atoms with Gasteiger partial charge >= 0.3 is 0 Å². The number of carbonyl (C=O) groups is 1. The number of carbonyl (C=O) groups excluding carboxylic acids is 1. The molecule has 0 amide bonds. The highest BCUT2D eigenvalue weighted by Crippen LogP contribution is 2.28. The van der Waals surface area contributed by atoms with Crippen molar-refractivity contribution >= 4 is 5.97 Å². The highest BCUT2D eigenvalue weighted by atomic mass is 16.7. The Morgan fingerprint density at radius 2 is 2.11 bits per heavy atom. The fourth-order valence-electron chi connectivity index (χ4n) is 1.75. The van der Waals surface area contributed by atoms with Crippen molar-refractivity contribution in [3.63, 3.8) is 0 Å². The highest BCUT2D eigenvalue weighted by molar-refractivity contribution is 5.73. The monoisotopic (exact) mass is 266 g/mol. The van der Waals surface area contributed by atoms with Crippen LogP contribution in [0.4, 0.5) is 0 Å². The number of aliphatic hydroxyl groups excluding tert-OH is 4. The first-order valence-corrected chi connectivity index (χ1v) is 5.25. The number of ether oxygens (including phenoxy) is 1. The van der Waals surface area contributed by atoms with E-state index in [-0.39, 0.29) is 0 Å². The standard InChI is InChI=1S/C9H17NO8/c10-5-3(12)1-9(17,8(15)16)18-7(5)6(14)4(13)2-11/h3-7,11-14,17H,1-2,10H2,(H,15,16)/p-1/t3-,4-,5-,6-,7?,9-/m1/s1. The third kappa shape index (κ3) is 2.78. The lowest BCUT2D eigenvalue weighted by Crippen LogP contribution is -2.67. The van der Waals surface area contributed by atoms with Crippen molar-refractivity contribution in [3.05, 3.63) is 0 Å². The maximum atomic E-state index is 10.7. The van der Waals surface area contributed by atoms with E-state index < -0.39 is 55.2 Å². The number of carboxylic acids is 1. The summed E-state index contributed by atoms with van der Waals surface area (Å²) < 4.78 is 4.69. The zero-order valence-corrected chi connectivity index (χ0v) is 9.34. The second-order valence-corrected chi connectivity index (χ2v) is 4.24. The van der Waals surface area contributed by atoms with E-state index >= 15 is 0 Å². The Balaban J connectivity index is 2.92. The van der Waals surface area contributed by atoms with Crippen molar-refractivity contribution in [2.45, 2.75) is 42.7 Å². The average Bonchev–Trinajstić information content (AvgIpc) is 2.31. The lowest BCUT2D eigenvalue weighted by Gasteiger charge is -2.45. The molecule has 0 radical (unpaired) electrons. The van der Waals surface area contributed by atoms with Gasteiger partial charge in [0.2, 0.25) is 5.79 Å². The number of aliphatic hydroxyl groups is 5. The Hall–Kier alpha value is -0.810. The maximum Gasteiger partial charge on any atom is 0.210 e. The Morgan fingerprint density at radius 1 is 1.56 bits per heavy atom. The van der Waals surface area contributed by atoms with Crippen LogP contribution in [-0.4, -0.2) is 74.4 Å². The molecule has 6 atom stereocenters. The van der Waals surface area contributed by atoms with Crippen LogP contribution < -0.4 is 10.8 Å². The van der Waals surface area contributed by atoms with Gasteiger partial charge in [-0.3, -0.25) is 0 Å². The summed E-state index contributed by atoms with van der Waals surface area (Å²) in [5, 5.41) is 57.3. The van der Waals surface area contributed by atoms with E-state index in [4.69, 9.17) is 15.6 Å². The lowest BCUT2D eigenvalue weighted by molar-refractivity contribution is -0.373. The number of aliphatic carboxylic acids is 1. The van der Waals surface area contributed by atoms with Gasteiger partial charge in [-0.05, 0) is 0 Å². The predicted octanol–water partition coefficient (Wildman–Crippen LogP) is -5.38.